The SMILES string of the molecule is CCC1CN(C(CN)c2ccc(OC)c(C)c2)CCS1. The summed E-state index contributed by atoms with van der Waals surface area (Å²) in [7, 11) is 1.72. The first kappa shape index (κ1) is 15.7. The second-order valence-corrected chi connectivity index (χ2v) is 6.78. The Balaban J connectivity index is 2.16. The zero-order chi connectivity index (χ0) is 14.5. The minimum Gasteiger partial charge on any atom is -0.496 e. The fourth-order valence-corrected chi connectivity index (χ4v) is 4.08. The standard InChI is InChI=1S/C16H26N2OS/c1-4-14-11-18(7-8-20-14)15(10-17)13-5-6-16(19-3)12(2)9-13/h5-6,9,14-15H,4,7-8,10-11,17H2,1-3H3. The highest BCUT2D eigenvalue weighted by Gasteiger charge is 2.25. The van der Waals surface area contributed by atoms with Crippen molar-refractivity contribution < 1.29 is 4.74 Å². The summed E-state index contributed by atoms with van der Waals surface area (Å²) in [6.07, 6.45) is 1.24. The maximum atomic E-state index is 6.06. The first-order chi connectivity index (χ1) is 9.69. The van der Waals surface area contributed by atoms with Gasteiger partial charge < -0.3 is 10.5 Å². The predicted octanol–water partition coefficient (Wildman–Crippen LogP) is 2.83. The fraction of sp³-hybridized carbons (Fsp3) is 0.625. The molecule has 1 aliphatic rings. The molecule has 4 heteroatoms. The van der Waals surface area contributed by atoms with Gasteiger partial charge in [-0.05, 0) is 30.5 Å². The van der Waals surface area contributed by atoms with Gasteiger partial charge in [0.05, 0.1) is 7.11 Å². The summed E-state index contributed by atoms with van der Waals surface area (Å²) in [6.45, 7) is 7.32. The number of nitrogens with zero attached hydrogens (tertiary/aromatic N) is 1. The number of rotatable bonds is 5. The monoisotopic (exact) mass is 294 g/mol. The Hall–Kier alpha value is -0.710. The fourth-order valence-electron chi connectivity index (χ4n) is 2.88. The first-order valence-corrected chi connectivity index (χ1v) is 8.44. The summed E-state index contributed by atoms with van der Waals surface area (Å²) >= 11 is 2.10. The molecule has 1 aliphatic heterocycles. The van der Waals surface area contributed by atoms with E-state index in [2.05, 4.69) is 48.7 Å². The van der Waals surface area contributed by atoms with Gasteiger partial charge >= 0.3 is 0 Å². The van der Waals surface area contributed by atoms with Crippen molar-refractivity contribution in [3.8, 4) is 5.75 Å². The van der Waals surface area contributed by atoms with E-state index in [1.807, 2.05) is 0 Å². The molecule has 1 saturated heterocycles. The number of hydrogen-bond acceptors (Lipinski definition) is 4. The second-order valence-electron chi connectivity index (χ2n) is 5.38. The molecule has 2 N–H and O–H groups in total. The lowest BCUT2D eigenvalue weighted by Crippen LogP contribution is -2.42. The van der Waals surface area contributed by atoms with Crippen LogP contribution in [0.4, 0.5) is 0 Å². The molecule has 2 unspecified atom stereocenters. The molecule has 1 aromatic carbocycles. The van der Waals surface area contributed by atoms with Crippen LogP contribution in [0.3, 0.4) is 0 Å². The number of benzene rings is 1. The van der Waals surface area contributed by atoms with Gasteiger partial charge in [0.2, 0.25) is 0 Å². The van der Waals surface area contributed by atoms with Gasteiger partial charge in [-0.15, -0.1) is 0 Å². The quantitative estimate of drug-likeness (QED) is 0.906. The highest BCUT2D eigenvalue weighted by Crippen LogP contribution is 2.30. The largest absolute Gasteiger partial charge is 0.496 e. The first-order valence-electron chi connectivity index (χ1n) is 7.39. The Bertz CT molecular complexity index is 438. The number of aryl methyl sites for hydroxylation is 1. The molecule has 112 valence electrons. The summed E-state index contributed by atoms with van der Waals surface area (Å²) in [6, 6.07) is 6.77. The van der Waals surface area contributed by atoms with E-state index in [1.54, 1.807) is 7.11 Å². The highest BCUT2D eigenvalue weighted by atomic mass is 32.2. The summed E-state index contributed by atoms with van der Waals surface area (Å²) in [5, 5.41) is 0.747. The van der Waals surface area contributed by atoms with Crippen molar-refractivity contribution in [2.75, 3.05) is 32.5 Å². The minimum absolute atomic E-state index is 0.328. The van der Waals surface area contributed by atoms with Gasteiger partial charge in [-0.3, -0.25) is 4.90 Å². The van der Waals surface area contributed by atoms with Gasteiger partial charge in [-0.1, -0.05) is 19.1 Å². The molecule has 0 aromatic heterocycles. The maximum absolute atomic E-state index is 6.06. The summed E-state index contributed by atoms with van der Waals surface area (Å²) in [5.41, 5.74) is 8.56. The third-order valence-corrected chi connectivity index (χ3v) is 5.47. The van der Waals surface area contributed by atoms with Crippen LogP contribution in [-0.4, -0.2) is 42.6 Å². The highest BCUT2D eigenvalue weighted by molar-refractivity contribution is 8.00. The molecule has 1 heterocycles. The predicted molar refractivity (Wildman–Crippen MR) is 87.6 cm³/mol. The number of thioether (sulfide) groups is 1. The van der Waals surface area contributed by atoms with Crippen LogP contribution in [0.15, 0.2) is 18.2 Å². The number of methoxy groups -OCH3 is 1. The van der Waals surface area contributed by atoms with Gasteiger partial charge in [0.25, 0.3) is 0 Å². The van der Waals surface area contributed by atoms with Gasteiger partial charge in [0.15, 0.2) is 0 Å². The maximum Gasteiger partial charge on any atom is 0.121 e. The minimum atomic E-state index is 0.328. The zero-order valence-electron chi connectivity index (χ0n) is 12.8. The molecule has 0 radical (unpaired) electrons. The number of nitrogens with two attached hydrogens (primary N) is 1. The molecular weight excluding hydrogens is 268 g/mol. The molecule has 0 bridgehead atoms. The van der Waals surface area contributed by atoms with Gasteiger partial charge in [-0.25, -0.2) is 0 Å². The van der Waals surface area contributed by atoms with Crippen molar-refractivity contribution in [3.63, 3.8) is 0 Å². The normalized spacial score (nSPS) is 21.7. The van der Waals surface area contributed by atoms with Crippen LogP contribution in [0.5, 0.6) is 5.75 Å². The van der Waals surface area contributed by atoms with Crippen molar-refractivity contribution in [2.45, 2.75) is 31.6 Å². The Kier molecular flexibility index (Phi) is 5.75. The van der Waals surface area contributed by atoms with Gasteiger partial charge in [-0.2, -0.15) is 11.8 Å². The number of ether oxygens (including phenoxy) is 1. The summed E-state index contributed by atoms with van der Waals surface area (Å²) in [5.74, 6) is 2.16. The van der Waals surface area contributed by atoms with Crippen LogP contribution in [0, 0.1) is 6.92 Å². The summed E-state index contributed by atoms with van der Waals surface area (Å²) < 4.78 is 5.35. The Morgan fingerprint density at radius 3 is 2.90 bits per heavy atom. The molecule has 0 saturated carbocycles. The van der Waals surface area contributed by atoms with Crippen LogP contribution < -0.4 is 10.5 Å². The van der Waals surface area contributed by atoms with E-state index >= 15 is 0 Å². The Morgan fingerprint density at radius 2 is 2.30 bits per heavy atom. The second kappa shape index (κ2) is 7.34. The molecule has 3 nitrogen and oxygen atoms in total. The third kappa shape index (κ3) is 3.48. The van der Waals surface area contributed by atoms with E-state index in [4.69, 9.17) is 10.5 Å². The molecule has 2 rings (SSSR count). The van der Waals surface area contributed by atoms with E-state index in [0.717, 1.165) is 24.1 Å². The molecule has 0 aliphatic carbocycles. The molecule has 1 fully saturated rings. The van der Waals surface area contributed by atoms with Gasteiger partial charge in [0, 0.05) is 36.7 Å². The van der Waals surface area contributed by atoms with Crippen LogP contribution in [0.2, 0.25) is 0 Å². The van der Waals surface area contributed by atoms with Crippen molar-refractivity contribution in [1.29, 1.82) is 0 Å². The molecule has 20 heavy (non-hydrogen) atoms. The molecule has 2 atom stereocenters. The molecule has 1 aromatic rings. The average molecular weight is 294 g/mol. The van der Waals surface area contributed by atoms with Gasteiger partial charge in [0.1, 0.15) is 5.75 Å². The molecule has 0 spiro atoms. The van der Waals surface area contributed by atoms with Crippen molar-refractivity contribution in [1.82, 2.24) is 4.90 Å². The van der Waals surface area contributed by atoms with E-state index < -0.39 is 0 Å². The van der Waals surface area contributed by atoms with E-state index in [1.165, 1.54) is 23.3 Å². The van der Waals surface area contributed by atoms with Crippen LogP contribution in [0.1, 0.15) is 30.5 Å². The van der Waals surface area contributed by atoms with E-state index in [0.29, 0.717) is 12.6 Å². The Labute approximate surface area is 126 Å². The lowest BCUT2D eigenvalue weighted by atomic mass is 10.0. The zero-order valence-corrected chi connectivity index (χ0v) is 13.6. The van der Waals surface area contributed by atoms with E-state index in [9.17, 15) is 0 Å². The molecular formula is C16H26N2OS. The molecule has 0 amide bonds. The van der Waals surface area contributed by atoms with Crippen molar-refractivity contribution in [3.05, 3.63) is 29.3 Å². The van der Waals surface area contributed by atoms with Crippen molar-refractivity contribution >= 4 is 11.8 Å². The van der Waals surface area contributed by atoms with Crippen LogP contribution in [-0.2, 0) is 0 Å². The topological polar surface area (TPSA) is 38.5 Å². The smallest absolute Gasteiger partial charge is 0.121 e. The summed E-state index contributed by atoms with van der Waals surface area (Å²) in [4.78, 5) is 2.55. The lowest BCUT2D eigenvalue weighted by molar-refractivity contribution is 0.207. The third-order valence-electron chi connectivity index (χ3n) is 4.09. The van der Waals surface area contributed by atoms with Crippen LogP contribution in [0.25, 0.3) is 0 Å². The van der Waals surface area contributed by atoms with Crippen LogP contribution >= 0.6 is 11.8 Å². The Morgan fingerprint density at radius 1 is 1.50 bits per heavy atom. The van der Waals surface area contributed by atoms with E-state index in [-0.39, 0.29) is 0 Å². The number of hydrogen-bond donors (Lipinski definition) is 1. The lowest BCUT2D eigenvalue weighted by Gasteiger charge is -2.37. The van der Waals surface area contributed by atoms with Crippen molar-refractivity contribution in [2.24, 2.45) is 5.73 Å². The average Bonchev–Trinajstić information content (AvgIpc) is 2.48.